The third kappa shape index (κ3) is 8.26. The van der Waals surface area contributed by atoms with Crippen molar-refractivity contribution in [3.8, 4) is 22.6 Å². The Hall–Kier alpha value is -4.08. The van der Waals surface area contributed by atoms with Gasteiger partial charge in [-0.25, -0.2) is 26.3 Å². The van der Waals surface area contributed by atoms with Crippen LogP contribution >= 0.6 is 0 Å². The number of hydrogen-bond acceptors (Lipinski definition) is 2. The highest BCUT2D eigenvalue weighted by Crippen LogP contribution is 2.39. The second-order valence-corrected chi connectivity index (χ2v) is 12.0. The Bertz CT molecular complexity index is 1630. The van der Waals surface area contributed by atoms with E-state index >= 15 is 0 Å². The van der Waals surface area contributed by atoms with E-state index in [9.17, 15) is 35.1 Å². The molecule has 2 nitrogen and oxygen atoms in total. The predicted octanol–water partition coefficient (Wildman–Crippen LogP) is 11.7. The van der Waals surface area contributed by atoms with E-state index in [4.69, 9.17) is 4.74 Å². The van der Waals surface area contributed by atoms with Gasteiger partial charge in [0.05, 0.1) is 0 Å². The van der Waals surface area contributed by atoms with E-state index in [-0.39, 0.29) is 23.4 Å². The first-order chi connectivity index (χ1) is 22.4. The summed E-state index contributed by atoms with van der Waals surface area (Å²) >= 11 is 0. The molecule has 4 aromatic carbocycles. The lowest BCUT2D eigenvalue weighted by Crippen LogP contribution is -2.25. The van der Waals surface area contributed by atoms with Crippen LogP contribution in [0.25, 0.3) is 11.1 Å². The summed E-state index contributed by atoms with van der Waals surface area (Å²) in [6.07, 6.45) is 5.25. The van der Waals surface area contributed by atoms with Crippen molar-refractivity contribution in [1.29, 1.82) is 0 Å². The van der Waals surface area contributed by atoms with E-state index in [1.165, 1.54) is 69.1 Å². The SMILES string of the molecule is CCCCCC1CCC(c2ccc(-c3ccc(OCc4cc(F)c(C(F)(F)Oc5cc(F)c(F)c(F)c5)c(F)c4)c(F)c3)cc2)CC1. The molecular weight excluding hydrogens is 628 g/mol. The standard InChI is InChI=1S/C37H34F8O2/c1-2-3-4-5-22-6-8-24(9-7-22)25-10-12-26(13-11-25)27-14-15-34(29(38)18-27)46-21-23-16-30(39)35(31(40)17-23)37(44,45)47-28-19-32(41)36(43)33(42)20-28/h10-20,22,24H,2-9,21H2,1H3. The van der Waals surface area contributed by atoms with Crippen LogP contribution in [0.1, 0.15) is 80.9 Å². The first-order valence-corrected chi connectivity index (χ1v) is 15.7. The third-order valence-electron chi connectivity index (χ3n) is 8.70. The van der Waals surface area contributed by atoms with Crippen LogP contribution in [0.3, 0.4) is 0 Å². The molecule has 1 aliphatic carbocycles. The second-order valence-electron chi connectivity index (χ2n) is 12.0. The molecule has 1 fully saturated rings. The van der Waals surface area contributed by atoms with Crippen LogP contribution < -0.4 is 9.47 Å². The van der Waals surface area contributed by atoms with E-state index in [1.807, 2.05) is 12.1 Å². The summed E-state index contributed by atoms with van der Waals surface area (Å²) in [7, 11) is 0. The smallest absolute Gasteiger partial charge is 0.432 e. The Balaban J connectivity index is 1.20. The van der Waals surface area contributed by atoms with Gasteiger partial charge in [0.15, 0.2) is 29.0 Å². The molecule has 0 unspecified atom stereocenters. The van der Waals surface area contributed by atoms with Crippen molar-refractivity contribution in [1.82, 2.24) is 0 Å². The fraction of sp³-hybridized carbons (Fsp3) is 0.351. The van der Waals surface area contributed by atoms with Gasteiger partial charge < -0.3 is 9.47 Å². The number of unbranched alkanes of at least 4 members (excludes halogenated alkanes) is 2. The van der Waals surface area contributed by atoms with Crippen LogP contribution in [-0.2, 0) is 12.7 Å². The molecule has 0 bridgehead atoms. The number of halogens is 8. The van der Waals surface area contributed by atoms with Gasteiger partial charge in [0.1, 0.15) is 29.6 Å². The van der Waals surface area contributed by atoms with Gasteiger partial charge in [-0.15, -0.1) is 0 Å². The van der Waals surface area contributed by atoms with E-state index < -0.39 is 58.9 Å². The molecule has 0 aliphatic heterocycles. The lowest BCUT2D eigenvalue weighted by molar-refractivity contribution is -0.189. The quantitative estimate of drug-likeness (QED) is 0.0854. The molecule has 0 heterocycles. The van der Waals surface area contributed by atoms with Crippen molar-refractivity contribution in [2.45, 2.75) is 76.9 Å². The van der Waals surface area contributed by atoms with E-state index in [2.05, 4.69) is 23.8 Å². The Morgan fingerprint density at radius 1 is 0.681 bits per heavy atom. The maximum atomic E-state index is 15.0. The minimum absolute atomic E-state index is 0.112. The number of benzene rings is 4. The molecule has 0 atom stereocenters. The Labute approximate surface area is 268 Å². The van der Waals surface area contributed by atoms with Crippen molar-refractivity contribution in [3.63, 3.8) is 0 Å². The number of hydrogen-bond donors (Lipinski definition) is 0. The molecule has 0 N–H and O–H groups in total. The normalized spacial score (nSPS) is 16.7. The average Bonchev–Trinajstić information content (AvgIpc) is 3.03. The zero-order valence-corrected chi connectivity index (χ0v) is 25.7. The summed E-state index contributed by atoms with van der Waals surface area (Å²) in [6.45, 7) is 1.65. The Morgan fingerprint density at radius 3 is 1.89 bits per heavy atom. The van der Waals surface area contributed by atoms with Crippen LogP contribution in [0.5, 0.6) is 11.5 Å². The maximum Gasteiger partial charge on any atom is 0.432 e. The Morgan fingerprint density at radius 2 is 1.30 bits per heavy atom. The summed E-state index contributed by atoms with van der Waals surface area (Å²) in [6, 6.07) is 13.6. The van der Waals surface area contributed by atoms with E-state index in [0.29, 0.717) is 23.6 Å². The maximum absolute atomic E-state index is 15.0. The van der Waals surface area contributed by atoms with Gasteiger partial charge in [-0.05, 0) is 84.0 Å². The zero-order chi connectivity index (χ0) is 33.7. The highest BCUT2D eigenvalue weighted by Gasteiger charge is 2.41. The molecule has 5 rings (SSSR count). The van der Waals surface area contributed by atoms with Crippen molar-refractivity contribution < 1.29 is 44.6 Å². The van der Waals surface area contributed by atoms with Crippen LogP contribution in [-0.4, -0.2) is 0 Å². The van der Waals surface area contributed by atoms with Gasteiger partial charge in [0.2, 0.25) is 0 Å². The minimum atomic E-state index is -4.72. The summed E-state index contributed by atoms with van der Waals surface area (Å²) < 4.78 is 123. The van der Waals surface area contributed by atoms with Gasteiger partial charge >= 0.3 is 6.11 Å². The van der Waals surface area contributed by atoms with Gasteiger partial charge in [-0.2, -0.15) is 8.78 Å². The molecule has 1 saturated carbocycles. The highest BCUT2D eigenvalue weighted by molar-refractivity contribution is 5.65. The molecule has 0 aromatic heterocycles. The van der Waals surface area contributed by atoms with Crippen LogP contribution in [0.15, 0.2) is 66.7 Å². The van der Waals surface area contributed by atoms with Crippen molar-refractivity contribution in [3.05, 3.63) is 118 Å². The number of alkyl halides is 2. The molecule has 250 valence electrons. The second kappa shape index (κ2) is 14.8. The van der Waals surface area contributed by atoms with Crippen LogP contribution in [0, 0.1) is 40.8 Å². The summed E-state index contributed by atoms with van der Waals surface area (Å²) in [4.78, 5) is 0. The van der Waals surface area contributed by atoms with Gasteiger partial charge in [0.25, 0.3) is 0 Å². The molecule has 1 aliphatic rings. The first-order valence-electron chi connectivity index (χ1n) is 15.7. The summed E-state index contributed by atoms with van der Waals surface area (Å²) in [5.74, 6) is -9.91. The van der Waals surface area contributed by atoms with Crippen molar-refractivity contribution in [2.75, 3.05) is 0 Å². The molecule has 47 heavy (non-hydrogen) atoms. The third-order valence-corrected chi connectivity index (χ3v) is 8.70. The lowest BCUT2D eigenvalue weighted by atomic mass is 9.77. The zero-order valence-electron chi connectivity index (χ0n) is 25.7. The molecule has 0 saturated heterocycles. The van der Waals surface area contributed by atoms with Gasteiger partial charge in [0, 0.05) is 12.1 Å². The topological polar surface area (TPSA) is 18.5 Å². The van der Waals surface area contributed by atoms with E-state index in [0.717, 1.165) is 11.5 Å². The summed E-state index contributed by atoms with van der Waals surface area (Å²) in [5.41, 5.74) is 0.594. The fourth-order valence-electron chi connectivity index (χ4n) is 6.15. The first kappa shape index (κ1) is 34.3. The Kier molecular flexibility index (Phi) is 10.8. The largest absolute Gasteiger partial charge is 0.486 e. The molecule has 4 aromatic rings. The monoisotopic (exact) mass is 662 g/mol. The summed E-state index contributed by atoms with van der Waals surface area (Å²) in [5, 5.41) is 0. The molecule has 0 spiro atoms. The van der Waals surface area contributed by atoms with Crippen molar-refractivity contribution in [2.24, 2.45) is 5.92 Å². The molecule has 10 heteroatoms. The highest BCUT2D eigenvalue weighted by atomic mass is 19.3. The fourth-order valence-corrected chi connectivity index (χ4v) is 6.15. The van der Waals surface area contributed by atoms with Gasteiger partial charge in [-0.3, -0.25) is 0 Å². The number of ether oxygens (including phenoxy) is 2. The van der Waals surface area contributed by atoms with E-state index in [1.54, 1.807) is 6.07 Å². The van der Waals surface area contributed by atoms with Crippen LogP contribution in [0.4, 0.5) is 35.1 Å². The molecule has 0 radical (unpaired) electrons. The minimum Gasteiger partial charge on any atom is -0.486 e. The number of rotatable bonds is 12. The van der Waals surface area contributed by atoms with Crippen molar-refractivity contribution >= 4 is 0 Å². The van der Waals surface area contributed by atoms with Crippen LogP contribution in [0.2, 0.25) is 0 Å². The molecular formula is C37H34F8O2. The van der Waals surface area contributed by atoms with Gasteiger partial charge in [-0.1, -0.05) is 62.9 Å². The molecule has 0 amide bonds. The average molecular weight is 663 g/mol. The predicted molar refractivity (Wildman–Crippen MR) is 162 cm³/mol. The lowest BCUT2D eigenvalue weighted by Gasteiger charge is -2.29.